The molecule has 1 heterocycles. The van der Waals surface area contributed by atoms with Gasteiger partial charge < -0.3 is 10.5 Å². The highest BCUT2D eigenvalue weighted by Gasteiger charge is 2.16. The van der Waals surface area contributed by atoms with Crippen LogP contribution in [0.4, 0.5) is 5.69 Å². The Morgan fingerprint density at radius 3 is 2.74 bits per heavy atom. The predicted molar refractivity (Wildman–Crippen MR) is 75.4 cm³/mol. The Labute approximate surface area is 120 Å². The van der Waals surface area contributed by atoms with E-state index in [9.17, 15) is 4.79 Å². The molecular weight excluding hydrogens is 287 g/mol. The number of hydrogen-bond donors (Lipinski definition) is 1. The molecule has 0 radical (unpaired) electrons. The predicted octanol–water partition coefficient (Wildman–Crippen LogP) is 3.42. The van der Waals surface area contributed by atoms with Crippen LogP contribution in [0.15, 0.2) is 30.5 Å². The molecular formula is C13H10Cl2N2O2. The van der Waals surface area contributed by atoms with E-state index in [-0.39, 0.29) is 11.3 Å². The van der Waals surface area contributed by atoms with Crippen LogP contribution in [0.25, 0.3) is 11.3 Å². The van der Waals surface area contributed by atoms with Crippen LogP contribution in [0.3, 0.4) is 0 Å². The fourth-order valence-corrected chi connectivity index (χ4v) is 2.03. The molecule has 0 spiro atoms. The first-order valence-corrected chi connectivity index (χ1v) is 6.08. The fraction of sp³-hybridized carbons (Fsp3) is 0.0769. The molecule has 19 heavy (non-hydrogen) atoms. The summed E-state index contributed by atoms with van der Waals surface area (Å²) < 4.78 is 4.66. The maximum atomic E-state index is 11.6. The highest BCUT2D eigenvalue weighted by Crippen LogP contribution is 2.33. The van der Waals surface area contributed by atoms with Gasteiger partial charge in [0, 0.05) is 16.8 Å². The molecule has 0 aliphatic carbocycles. The summed E-state index contributed by atoms with van der Waals surface area (Å²) in [5, 5.41) is 0.953. The van der Waals surface area contributed by atoms with Crippen molar-refractivity contribution in [1.29, 1.82) is 0 Å². The number of carbonyl (C=O) groups excluding carboxylic acids is 1. The lowest BCUT2D eigenvalue weighted by Crippen LogP contribution is -2.07. The van der Waals surface area contributed by atoms with Gasteiger partial charge in [-0.1, -0.05) is 23.2 Å². The Kier molecular flexibility index (Phi) is 3.93. The molecule has 4 nitrogen and oxygen atoms in total. The van der Waals surface area contributed by atoms with Crippen molar-refractivity contribution < 1.29 is 9.53 Å². The SMILES string of the molecule is COC(=O)c1ccnc(-c2cc(Cl)ccc2Cl)c1N. The molecule has 6 heteroatoms. The average molecular weight is 297 g/mol. The van der Waals surface area contributed by atoms with Crippen molar-refractivity contribution in [3.8, 4) is 11.3 Å². The summed E-state index contributed by atoms with van der Waals surface area (Å²) in [6.07, 6.45) is 1.47. The van der Waals surface area contributed by atoms with E-state index < -0.39 is 5.97 Å². The van der Waals surface area contributed by atoms with E-state index in [4.69, 9.17) is 28.9 Å². The highest BCUT2D eigenvalue weighted by molar-refractivity contribution is 6.35. The Morgan fingerprint density at radius 1 is 1.32 bits per heavy atom. The summed E-state index contributed by atoms with van der Waals surface area (Å²) in [6, 6.07) is 6.44. The van der Waals surface area contributed by atoms with Crippen molar-refractivity contribution in [2.75, 3.05) is 12.8 Å². The second kappa shape index (κ2) is 5.47. The summed E-state index contributed by atoms with van der Waals surface area (Å²) in [5.41, 5.74) is 7.36. The molecule has 2 rings (SSSR count). The zero-order valence-electron chi connectivity index (χ0n) is 9.98. The standard InChI is InChI=1S/C13H10Cl2N2O2/c1-19-13(18)8-4-5-17-12(11(8)16)9-6-7(14)2-3-10(9)15/h2-6H,16H2,1H3. The molecule has 2 aromatic rings. The van der Waals surface area contributed by atoms with Gasteiger partial charge in [0.15, 0.2) is 0 Å². The minimum atomic E-state index is -0.528. The zero-order valence-corrected chi connectivity index (χ0v) is 11.5. The molecule has 0 bridgehead atoms. The summed E-state index contributed by atoms with van der Waals surface area (Å²) >= 11 is 12.0. The average Bonchev–Trinajstić information content (AvgIpc) is 2.41. The maximum Gasteiger partial charge on any atom is 0.340 e. The van der Waals surface area contributed by atoms with Crippen molar-refractivity contribution in [2.24, 2.45) is 0 Å². The van der Waals surface area contributed by atoms with E-state index in [0.29, 0.717) is 21.3 Å². The van der Waals surface area contributed by atoms with Crippen LogP contribution in [-0.4, -0.2) is 18.1 Å². The van der Waals surface area contributed by atoms with Gasteiger partial charge in [-0.15, -0.1) is 0 Å². The number of benzene rings is 1. The third-order valence-electron chi connectivity index (χ3n) is 2.58. The Balaban J connectivity index is 2.63. The van der Waals surface area contributed by atoms with E-state index in [0.717, 1.165) is 0 Å². The topological polar surface area (TPSA) is 65.2 Å². The molecule has 0 atom stereocenters. The maximum absolute atomic E-state index is 11.6. The number of nitrogens with two attached hydrogens (primary N) is 1. The Bertz CT molecular complexity index is 645. The summed E-state index contributed by atoms with van der Waals surface area (Å²) in [7, 11) is 1.29. The molecule has 0 amide bonds. The number of carbonyl (C=O) groups is 1. The number of pyridine rings is 1. The molecule has 0 aliphatic heterocycles. The van der Waals surface area contributed by atoms with Gasteiger partial charge in [-0.25, -0.2) is 4.79 Å². The van der Waals surface area contributed by atoms with Crippen molar-refractivity contribution in [1.82, 2.24) is 4.98 Å². The minimum Gasteiger partial charge on any atom is -0.465 e. The first-order valence-electron chi connectivity index (χ1n) is 5.32. The highest BCUT2D eigenvalue weighted by atomic mass is 35.5. The van der Waals surface area contributed by atoms with Crippen molar-refractivity contribution in [3.05, 3.63) is 46.1 Å². The van der Waals surface area contributed by atoms with Gasteiger partial charge in [0.2, 0.25) is 0 Å². The van der Waals surface area contributed by atoms with E-state index in [1.807, 2.05) is 0 Å². The number of rotatable bonds is 2. The number of methoxy groups -OCH3 is 1. The van der Waals surface area contributed by atoms with Gasteiger partial charge in [0.25, 0.3) is 0 Å². The molecule has 0 aliphatic rings. The molecule has 0 saturated heterocycles. The normalized spacial score (nSPS) is 10.3. The molecule has 0 unspecified atom stereocenters. The number of halogens is 2. The van der Waals surface area contributed by atoms with Gasteiger partial charge in [-0.2, -0.15) is 0 Å². The quantitative estimate of drug-likeness (QED) is 0.862. The van der Waals surface area contributed by atoms with Crippen LogP contribution in [0.2, 0.25) is 10.0 Å². The molecule has 0 saturated carbocycles. The second-order valence-corrected chi connectivity index (χ2v) is 4.58. The molecule has 2 N–H and O–H groups in total. The second-order valence-electron chi connectivity index (χ2n) is 3.74. The van der Waals surface area contributed by atoms with Crippen molar-refractivity contribution >= 4 is 34.9 Å². The first kappa shape index (κ1) is 13.6. The van der Waals surface area contributed by atoms with Crippen LogP contribution >= 0.6 is 23.2 Å². The zero-order chi connectivity index (χ0) is 14.0. The number of anilines is 1. The number of aromatic nitrogens is 1. The summed E-state index contributed by atoms with van der Waals surface area (Å²) in [4.78, 5) is 15.7. The summed E-state index contributed by atoms with van der Waals surface area (Å²) in [6.45, 7) is 0. The molecule has 0 fully saturated rings. The number of hydrogen-bond acceptors (Lipinski definition) is 4. The van der Waals surface area contributed by atoms with Gasteiger partial charge in [0.1, 0.15) is 0 Å². The number of esters is 1. The van der Waals surface area contributed by atoms with Gasteiger partial charge in [-0.3, -0.25) is 4.98 Å². The Morgan fingerprint density at radius 2 is 2.05 bits per heavy atom. The van der Waals surface area contributed by atoms with E-state index >= 15 is 0 Å². The smallest absolute Gasteiger partial charge is 0.340 e. The lowest BCUT2D eigenvalue weighted by Gasteiger charge is -2.10. The van der Waals surface area contributed by atoms with E-state index in [1.165, 1.54) is 19.4 Å². The Hall–Kier alpha value is -1.78. The van der Waals surface area contributed by atoms with Gasteiger partial charge >= 0.3 is 5.97 Å². The third-order valence-corrected chi connectivity index (χ3v) is 3.14. The van der Waals surface area contributed by atoms with Crippen molar-refractivity contribution in [2.45, 2.75) is 0 Å². The fourth-order valence-electron chi connectivity index (χ4n) is 1.65. The summed E-state index contributed by atoms with van der Waals surface area (Å²) in [5.74, 6) is -0.528. The minimum absolute atomic E-state index is 0.207. The lowest BCUT2D eigenvalue weighted by molar-refractivity contribution is 0.0602. The van der Waals surface area contributed by atoms with Gasteiger partial charge in [0.05, 0.1) is 29.1 Å². The number of nitrogens with zero attached hydrogens (tertiary/aromatic N) is 1. The third kappa shape index (κ3) is 2.64. The van der Waals surface area contributed by atoms with Crippen molar-refractivity contribution in [3.63, 3.8) is 0 Å². The largest absolute Gasteiger partial charge is 0.465 e. The van der Waals surface area contributed by atoms with Crippen LogP contribution < -0.4 is 5.73 Å². The molecule has 1 aromatic heterocycles. The number of nitrogen functional groups attached to an aromatic ring is 1. The number of ether oxygens (including phenoxy) is 1. The molecule has 98 valence electrons. The van der Waals surface area contributed by atoms with E-state index in [1.54, 1.807) is 18.2 Å². The van der Waals surface area contributed by atoms with Crippen LogP contribution in [0.5, 0.6) is 0 Å². The lowest BCUT2D eigenvalue weighted by atomic mass is 10.1. The first-order chi connectivity index (χ1) is 9.04. The van der Waals surface area contributed by atoms with Gasteiger partial charge in [-0.05, 0) is 24.3 Å². The van der Waals surface area contributed by atoms with Crippen LogP contribution in [-0.2, 0) is 4.74 Å². The van der Waals surface area contributed by atoms with E-state index in [2.05, 4.69) is 9.72 Å². The van der Waals surface area contributed by atoms with Crippen LogP contribution in [0.1, 0.15) is 10.4 Å². The monoisotopic (exact) mass is 296 g/mol. The van der Waals surface area contributed by atoms with Crippen LogP contribution in [0, 0.1) is 0 Å². The molecule has 1 aromatic carbocycles.